The lowest BCUT2D eigenvalue weighted by molar-refractivity contribution is -0.148. The molecule has 1 aromatic carbocycles. The van der Waals surface area contributed by atoms with Gasteiger partial charge in [-0.1, -0.05) is 11.6 Å². The zero-order valence-corrected chi connectivity index (χ0v) is 12.2. The second-order valence-electron chi connectivity index (χ2n) is 5.01. The normalized spacial score (nSPS) is 17.8. The van der Waals surface area contributed by atoms with Gasteiger partial charge >= 0.3 is 5.97 Å². The first-order valence-electron chi connectivity index (χ1n) is 6.80. The Hall–Kier alpha value is -1.88. The van der Waals surface area contributed by atoms with Crippen LogP contribution in [0.25, 0.3) is 0 Å². The van der Waals surface area contributed by atoms with E-state index in [1.807, 2.05) is 0 Å². The predicted octanol–water partition coefficient (Wildman–Crippen LogP) is 2.38. The van der Waals surface area contributed by atoms with Crippen LogP contribution in [0.4, 0.5) is 0 Å². The van der Waals surface area contributed by atoms with Gasteiger partial charge in [0.2, 0.25) is 5.91 Å². The molecule has 0 spiro atoms. The minimum absolute atomic E-state index is 0.0330. The highest BCUT2D eigenvalue weighted by molar-refractivity contribution is 6.30. The molecular weight excluding hydrogens is 294 g/mol. The maximum Gasteiger partial charge on any atom is 0.326 e. The van der Waals surface area contributed by atoms with Gasteiger partial charge in [0, 0.05) is 30.0 Å². The molecule has 5 nitrogen and oxygen atoms in total. The number of Topliss-reactive ketones (excluding diaryl/α,β-unsaturated/α-hetero) is 1. The van der Waals surface area contributed by atoms with Gasteiger partial charge in [0.05, 0.1) is 0 Å². The second kappa shape index (κ2) is 6.72. The molecule has 112 valence electrons. The van der Waals surface area contributed by atoms with E-state index in [4.69, 9.17) is 16.7 Å². The number of likely N-dealkylation sites (tertiary alicyclic amines) is 1. The van der Waals surface area contributed by atoms with Crippen LogP contribution < -0.4 is 0 Å². The number of ketones is 1. The zero-order chi connectivity index (χ0) is 15.4. The average Bonchev–Trinajstić information content (AvgIpc) is 2.95. The Morgan fingerprint density at radius 2 is 1.86 bits per heavy atom. The standard InChI is InChI=1S/C15H16ClNO4/c16-11-5-3-10(4-6-11)13(18)7-8-14(19)17-9-1-2-12(17)15(20)21/h3-6,12H,1-2,7-9H2,(H,20,21)/t12-/m0/s1. The van der Waals surface area contributed by atoms with Crippen LogP contribution in [-0.4, -0.2) is 40.3 Å². The SMILES string of the molecule is O=C(CCC(=O)N1CCC[C@H]1C(=O)O)c1ccc(Cl)cc1. The molecule has 1 saturated heterocycles. The molecule has 2 rings (SSSR count). The molecule has 0 aliphatic carbocycles. The number of amides is 1. The molecule has 6 heteroatoms. The van der Waals surface area contributed by atoms with E-state index < -0.39 is 12.0 Å². The van der Waals surface area contributed by atoms with Crippen molar-refractivity contribution in [2.24, 2.45) is 0 Å². The summed E-state index contributed by atoms with van der Waals surface area (Å²) in [5.74, 6) is -1.40. The molecule has 0 bridgehead atoms. The van der Waals surface area contributed by atoms with E-state index in [-0.39, 0.29) is 24.5 Å². The molecule has 0 saturated carbocycles. The number of nitrogens with zero attached hydrogens (tertiary/aromatic N) is 1. The monoisotopic (exact) mass is 309 g/mol. The van der Waals surface area contributed by atoms with E-state index in [9.17, 15) is 14.4 Å². The fourth-order valence-corrected chi connectivity index (χ4v) is 2.59. The fraction of sp³-hybridized carbons (Fsp3) is 0.400. The minimum atomic E-state index is -0.982. The second-order valence-corrected chi connectivity index (χ2v) is 5.45. The van der Waals surface area contributed by atoms with Gasteiger partial charge in [-0.25, -0.2) is 4.79 Å². The summed E-state index contributed by atoms with van der Waals surface area (Å²) in [6.45, 7) is 0.449. The molecule has 1 heterocycles. The smallest absolute Gasteiger partial charge is 0.326 e. The Bertz CT molecular complexity index is 555. The third-order valence-electron chi connectivity index (χ3n) is 3.59. The highest BCUT2D eigenvalue weighted by Gasteiger charge is 2.33. The van der Waals surface area contributed by atoms with Crippen LogP contribution in [0.1, 0.15) is 36.0 Å². The maximum absolute atomic E-state index is 12.0. The quantitative estimate of drug-likeness (QED) is 0.847. The first kappa shape index (κ1) is 15.5. The lowest BCUT2D eigenvalue weighted by Gasteiger charge is -2.21. The number of rotatable bonds is 5. The summed E-state index contributed by atoms with van der Waals surface area (Å²) in [4.78, 5) is 36.4. The number of hydrogen-bond donors (Lipinski definition) is 1. The van der Waals surface area contributed by atoms with Gasteiger partial charge in [-0.3, -0.25) is 9.59 Å². The van der Waals surface area contributed by atoms with Crippen molar-refractivity contribution in [3.63, 3.8) is 0 Å². The average molecular weight is 310 g/mol. The molecule has 1 aliphatic rings. The van der Waals surface area contributed by atoms with Crippen molar-refractivity contribution in [1.82, 2.24) is 4.90 Å². The van der Waals surface area contributed by atoms with Gasteiger partial charge in [0.15, 0.2) is 5.78 Å². The largest absolute Gasteiger partial charge is 0.480 e. The van der Waals surface area contributed by atoms with E-state index in [1.165, 1.54) is 4.90 Å². The third kappa shape index (κ3) is 3.82. The van der Waals surface area contributed by atoms with Crippen LogP contribution in [0.3, 0.4) is 0 Å². The first-order valence-corrected chi connectivity index (χ1v) is 7.18. The number of carbonyl (C=O) groups excluding carboxylic acids is 2. The van der Waals surface area contributed by atoms with E-state index in [0.717, 1.165) is 0 Å². The van der Waals surface area contributed by atoms with Gasteiger partial charge in [0.25, 0.3) is 0 Å². The number of carboxylic acid groups (broad SMARTS) is 1. The number of hydrogen-bond acceptors (Lipinski definition) is 3. The van der Waals surface area contributed by atoms with Crippen molar-refractivity contribution in [1.29, 1.82) is 0 Å². The highest BCUT2D eigenvalue weighted by Crippen LogP contribution is 2.19. The summed E-state index contributed by atoms with van der Waals surface area (Å²) in [6, 6.07) is 5.73. The van der Waals surface area contributed by atoms with Gasteiger partial charge in [0.1, 0.15) is 6.04 Å². The summed E-state index contributed by atoms with van der Waals surface area (Å²) in [6.07, 6.45) is 1.27. The van der Waals surface area contributed by atoms with Crippen molar-refractivity contribution in [2.75, 3.05) is 6.54 Å². The van der Waals surface area contributed by atoms with Crippen LogP contribution in [0.2, 0.25) is 5.02 Å². The van der Waals surface area contributed by atoms with Crippen molar-refractivity contribution < 1.29 is 19.5 Å². The third-order valence-corrected chi connectivity index (χ3v) is 3.84. The van der Waals surface area contributed by atoms with Crippen molar-refractivity contribution in [2.45, 2.75) is 31.7 Å². The van der Waals surface area contributed by atoms with Gasteiger partial charge in [-0.2, -0.15) is 0 Å². The summed E-state index contributed by atoms with van der Waals surface area (Å²) < 4.78 is 0. The van der Waals surface area contributed by atoms with E-state index in [0.29, 0.717) is 30.0 Å². The highest BCUT2D eigenvalue weighted by atomic mass is 35.5. The Morgan fingerprint density at radius 3 is 2.48 bits per heavy atom. The molecule has 1 atom stereocenters. The van der Waals surface area contributed by atoms with Crippen LogP contribution in [0.15, 0.2) is 24.3 Å². The Kier molecular flexibility index (Phi) is 4.96. The molecule has 0 aromatic heterocycles. The predicted molar refractivity (Wildman–Crippen MR) is 77.4 cm³/mol. The molecule has 0 unspecified atom stereocenters. The van der Waals surface area contributed by atoms with E-state index >= 15 is 0 Å². The van der Waals surface area contributed by atoms with Crippen molar-refractivity contribution in [3.8, 4) is 0 Å². The fourth-order valence-electron chi connectivity index (χ4n) is 2.47. The number of carbonyl (C=O) groups is 3. The number of benzene rings is 1. The summed E-state index contributed by atoms with van der Waals surface area (Å²) in [5.41, 5.74) is 0.503. The molecule has 1 aliphatic heterocycles. The number of halogens is 1. The van der Waals surface area contributed by atoms with Crippen LogP contribution in [0, 0.1) is 0 Å². The summed E-state index contributed by atoms with van der Waals surface area (Å²) >= 11 is 5.75. The van der Waals surface area contributed by atoms with Gasteiger partial charge in [-0.05, 0) is 37.1 Å². The summed E-state index contributed by atoms with van der Waals surface area (Å²) in [5, 5.41) is 9.59. The molecule has 1 amide bonds. The van der Waals surface area contributed by atoms with Crippen LogP contribution in [0.5, 0.6) is 0 Å². The Morgan fingerprint density at radius 1 is 1.19 bits per heavy atom. The summed E-state index contributed by atoms with van der Waals surface area (Å²) in [7, 11) is 0. The van der Waals surface area contributed by atoms with Crippen molar-refractivity contribution in [3.05, 3.63) is 34.9 Å². The topological polar surface area (TPSA) is 74.7 Å². The molecule has 0 radical (unpaired) electrons. The lowest BCUT2D eigenvalue weighted by atomic mass is 10.1. The molecule has 21 heavy (non-hydrogen) atoms. The van der Waals surface area contributed by atoms with E-state index in [1.54, 1.807) is 24.3 Å². The van der Waals surface area contributed by atoms with Crippen LogP contribution in [-0.2, 0) is 9.59 Å². The molecule has 1 N–H and O–H groups in total. The Balaban J connectivity index is 1.90. The zero-order valence-electron chi connectivity index (χ0n) is 11.4. The van der Waals surface area contributed by atoms with Gasteiger partial charge in [-0.15, -0.1) is 0 Å². The minimum Gasteiger partial charge on any atom is -0.480 e. The first-order chi connectivity index (χ1) is 9.99. The van der Waals surface area contributed by atoms with Crippen molar-refractivity contribution >= 4 is 29.3 Å². The van der Waals surface area contributed by atoms with Gasteiger partial charge < -0.3 is 10.0 Å². The van der Waals surface area contributed by atoms with E-state index in [2.05, 4.69) is 0 Å². The lowest BCUT2D eigenvalue weighted by Crippen LogP contribution is -2.40. The number of carboxylic acids is 1. The maximum atomic E-state index is 12.0. The molecule has 1 fully saturated rings. The Labute approximate surface area is 127 Å². The number of aliphatic carboxylic acids is 1. The molecular formula is C15H16ClNO4. The molecule has 1 aromatic rings. The van der Waals surface area contributed by atoms with Crippen LogP contribution >= 0.6 is 11.6 Å².